The molecule has 29 heavy (non-hydrogen) atoms. The highest BCUT2D eigenvalue weighted by Crippen LogP contribution is 2.34. The van der Waals surface area contributed by atoms with Crippen LogP contribution in [-0.4, -0.2) is 31.0 Å². The van der Waals surface area contributed by atoms with Gasteiger partial charge in [0, 0.05) is 11.5 Å². The van der Waals surface area contributed by atoms with E-state index in [9.17, 15) is 26.5 Å². The molecule has 0 bridgehead atoms. The van der Waals surface area contributed by atoms with Crippen LogP contribution in [0.5, 0.6) is 5.75 Å². The molecule has 3 aromatic carbocycles. The van der Waals surface area contributed by atoms with Gasteiger partial charge in [0.15, 0.2) is 0 Å². The van der Waals surface area contributed by atoms with Crippen molar-refractivity contribution in [3.8, 4) is 5.75 Å². The predicted molar refractivity (Wildman–Crippen MR) is 105 cm³/mol. The van der Waals surface area contributed by atoms with Crippen molar-refractivity contribution in [1.29, 1.82) is 0 Å². The van der Waals surface area contributed by atoms with Gasteiger partial charge in [-0.3, -0.25) is 9.11 Å². The topological polar surface area (TPSA) is 206 Å². The molecule has 3 rings (SSSR count). The molecule has 0 saturated carbocycles. The Labute approximate surface area is 164 Å². The number of anilines is 2. The summed E-state index contributed by atoms with van der Waals surface area (Å²) in [6, 6.07) is 8.39. The minimum absolute atomic E-state index is 0.0140. The molecule has 11 nitrogen and oxygen atoms in total. The lowest BCUT2D eigenvalue weighted by Crippen LogP contribution is -2.04. The molecule has 0 amide bonds. The predicted octanol–water partition coefficient (Wildman–Crippen LogP) is 2.62. The molecule has 0 saturated heterocycles. The Morgan fingerprint density at radius 3 is 2.10 bits per heavy atom. The van der Waals surface area contributed by atoms with Gasteiger partial charge in [0.25, 0.3) is 20.2 Å². The van der Waals surface area contributed by atoms with Gasteiger partial charge in [-0.15, -0.1) is 5.11 Å². The van der Waals surface area contributed by atoms with E-state index >= 15 is 0 Å². The number of rotatable bonds is 4. The van der Waals surface area contributed by atoms with E-state index < -0.39 is 35.8 Å². The fourth-order valence-electron chi connectivity index (χ4n) is 2.54. The molecular formula is C16H14N4O7S2. The first kappa shape index (κ1) is 20.5. The fraction of sp³-hybridized carbons (Fsp3) is 0. The SMILES string of the molecule is Nc1cc(N)c(S(=O)(=O)O)cc1N=Nc1ccc2cc(S(=O)(=O)O)cc(O)c2c1. The lowest BCUT2D eigenvalue weighted by molar-refractivity contribution is 0.471. The highest BCUT2D eigenvalue weighted by molar-refractivity contribution is 7.86. The molecular weight excluding hydrogens is 424 g/mol. The zero-order valence-electron chi connectivity index (χ0n) is 14.4. The molecule has 13 heteroatoms. The second-order valence-electron chi connectivity index (χ2n) is 5.95. The first-order chi connectivity index (χ1) is 13.4. The van der Waals surface area contributed by atoms with Crippen molar-refractivity contribution in [2.24, 2.45) is 10.2 Å². The maximum absolute atomic E-state index is 11.3. The van der Waals surface area contributed by atoms with Crippen LogP contribution in [0.2, 0.25) is 0 Å². The summed E-state index contributed by atoms with van der Waals surface area (Å²) in [6.45, 7) is 0. The van der Waals surface area contributed by atoms with Crippen LogP contribution in [0.25, 0.3) is 10.8 Å². The van der Waals surface area contributed by atoms with Crippen molar-refractivity contribution in [2.45, 2.75) is 9.79 Å². The van der Waals surface area contributed by atoms with E-state index in [2.05, 4.69) is 10.2 Å². The number of nitrogens with two attached hydrogens (primary N) is 2. The van der Waals surface area contributed by atoms with Crippen LogP contribution >= 0.6 is 0 Å². The lowest BCUT2D eigenvalue weighted by atomic mass is 10.1. The summed E-state index contributed by atoms with van der Waals surface area (Å²) >= 11 is 0. The maximum atomic E-state index is 11.3. The minimum Gasteiger partial charge on any atom is -0.507 e. The number of aromatic hydroxyl groups is 1. The van der Waals surface area contributed by atoms with Crippen LogP contribution in [0.4, 0.5) is 22.7 Å². The summed E-state index contributed by atoms with van der Waals surface area (Å²) < 4.78 is 63.5. The molecule has 0 aliphatic carbocycles. The highest BCUT2D eigenvalue weighted by atomic mass is 32.2. The normalized spacial score (nSPS) is 12.6. The van der Waals surface area contributed by atoms with E-state index in [0.717, 1.165) is 18.2 Å². The van der Waals surface area contributed by atoms with Crippen molar-refractivity contribution in [2.75, 3.05) is 11.5 Å². The average molecular weight is 438 g/mol. The molecule has 0 unspecified atom stereocenters. The van der Waals surface area contributed by atoms with Crippen LogP contribution in [-0.2, 0) is 20.2 Å². The van der Waals surface area contributed by atoms with Gasteiger partial charge in [-0.25, -0.2) is 0 Å². The van der Waals surface area contributed by atoms with Crippen LogP contribution in [0.3, 0.4) is 0 Å². The second-order valence-corrected chi connectivity index (χ2v) is 8.76. The Balaban J connectivity index is 2.05. The summed E-state index contributed by atoms with van der Waals surface area (Å²) in [4.78, 5) is -1.04. The van der Waals surface area contributed by atoms with Crippen LogP contribution < -0.4 is 11.5 Å². The molecule has 0 spiro atoms. The molecule has 152 valence electrons. The van der Waals surface area contributed by atoms with Gasteiger partial charge in [0.1, 0.15) is 16.3 Å². The quantitative estimate of drug-likeness (QED) is 0.230. The first-order valence-electron chi connectivity index (χ1n) is 7.69. The lowest BCUT2D eigenvalue weighted by Gasteiger charge is -2.07. The summed E-state index contributed by atoms with van der Waals surface area (Å²) in [5.41, 5.74) is 11.2. The zero-order chi connectivity index (χ0) is 21.6. The molecule has 0 atom stereocenters. The van der Waals surface area contributed by atoms with Gasteiger partial charge < -0.3 is 16.6 Å². The maximum Gasteiger partial charge on any atom is 0.296 e. The number of fused-ring (bicyclic) bond motifs is 1. The third-order valence-electron chi connectivity index (χ3n) is 3.90. The van der Waals surface area contributed by atoms with Gasteiger partial charge in [0.2, 0.25) is 0 Å². The Hall–Kier alpha value is -3.26. The third-order valence-corrected chi connectivity index (χ3v) is 5.64. The van der Waals surface area contributed by atoms with Crippen molar-refractivity contribution in [3.05, 3.63) is 42.5 Å². The smallest absolute Gasteiger partial charge is 0.296 e. The fourth-order valence-corrected chi connectivity index (χ4v) is 3.69. The summed E-state index contributed by atoms with van der Waals surface area (Å²) in [5.74, 6) is -0.409. The number of phenols is 1. The number of hydrogen-bond donors (Lipinski definition) is 5. The van der Waals surface area contributed by atoms with Crippen molar-refractivity contribution in [3.63, 3.8) is 0 Å². The average Bonchev–Trinajstić information content (AvgIpc) is 2.59. The molecule has 7 N–H and O–H groups in total. The Bertz CT molecular complexity index is 1380. The second kappa shape index (κ2) is 6.97. The number of nitrogen functional groups attached to an aromatic ring is 2. The number of azo groups is 1. The number of hydrogen-bond acceptors (Lipinski definition) is 9. The minimum atomic E-state index is -4.59. The number of phenolic OH excluding ortho intramolecular Hbond substituents is 1. The molecule has 0 aliphatic heterocycles. The Kier molecular flexibility index (Phi) is 4.92. The van der Waals surface area contributed by atoms with E-state index in [1.165, 1.54) is 24.3 Å². The van der Waals surface area contributed by atoms with Crippen LogP contribution in [0, 0.1) is 0 Å². The number of nitrogens with zero attached hydrogens (tertiary/aromatic N) is 2. The van der Waals surface area contributed by atoms with Crippen LogP contribution in [0.15, 0.2) is 62.5 Å². The van der Waals surface area contributed by atoms with E-state index in [-0.39, 0.29) is 28.1 Å². The van der Waals surface area contributed by atoms with Crippen molar-refractivity contribution in [1.82, 2.24) is 0 Å². The van der Waals surface area contributed by atoms with E-state index in [0.29, 0.717) is 5.39 Å². The number of benzene rings is 3. The van der Waals surface area contributed by atoms with Gasteiger partial charge in [-0.1, -0.05) is 6.07 Å². The molecule has 0 heterocycles. The molecule has 0 aromatic heterocycles. The highest BCUT2D eigenvalue weighted by Gasteiger charge is 2.17. The van der Waals surface area contributed by atoms with Crippen LogP contribution in [0.1, 0.15) is 0 Å². The van der Waals surface area contributed by atoms with Gasteiger partial charge in [-0.2, -0.15) is 21.9 Å². The summed E-state index contributed by atoms with van der Waals surface area (Å²) in [5, 5.41) is 18.3. The zero-order valence-corrected chi connectivity index (χ0v) is 16.0. The molecule has 0 fully saturated rings. The van der Waals surface area contributed by atoms with E-state index in [4.69, 9.17) is 16.0 Å². The molecule has 0 aliphatic rings. The first-order valence-corrected chi connectivity index (χ1v) is 10.6. The Morgan fingerprint density at radius 2 is 1.48 bits per heavy atom. The molecule has 3 aromatic rings. The molecule has 0 radical (unpaired) electrons. The van der Waals surface area contributed by atoms with E-state index in [1.807, 2.05) is 0 Å². The van der Waals surface area contributed by atoms with E-state index in [1.54, 1.807) is 0 Å². The largest absolute Gasteiger partial charge is 0.507 e. The van der Waals surface area contributed by atoms with Crippen molar-refractivity contribution >= 4 is 53.8 Å². The third kappa shape index (κ3) is 4.27. The van der Waals surface area contributed by atoms with Gasteiger partial charge in [-0.05, 0) is 35.7 Å². The van der Waals surface area contributed by atoms with Crippen molar-refractivity contribution < 1.29 is 31.0 Å². The van der Waals surface area contributed by atoms with Gasteiger partial charge >= 0.3 is 0 Å². The summed E-state index contributed by atoms with van der Waals surface area (Å²) in [6.07, 6.45) is 0. The van der Waals surface area contributed by atoms with Gasteiger partial charge in [0.05, 0.1) is 22.0 Å². The summed E-state index contributed by atoms with van der Waals surface area (Å²) in [7, 11) is -9.08. The monoisotopic (exact) mass is 438 g/mol. The standard InChI is InChI=1S/C16H14N4O7S2/c17-12-6-13(18)16(29(25,26)27)7-14(12)20-19-9-2-1-8-3-10(28(22,23)24)5-15(21)11(8)4-9/h1-7,21H,17-18H2,(H,22,23,24)(H,25,26,27). The Morgan fingerprint density at radius 1 is 0.793 bits per heavy atom.